The second-order valence-corrected chi connectivity index (χ2v) is 9.35. The number of benzene rings is 2. The summed E-state index contributed by atoms with van der Waals surface area (Å²) in [5.41, 5.74) is 5.59. The fourth-order valence-corrected chi connectivity index (χ4v) is 5.47. The largest absolute Gasteiger partial charge is 0.497 e. The number of methoxy groups -OCH3 is 1. The predicted octanol–water partition coefficient (Wildman–Crippen LogP) is 2.21. The van der Waals surface area contributed by atoms with Crippen LogP contribution in [0, 0.1) is 12.3 Å². The number of amides is 1. The molecular weight excluding hydrogens is 404 g/mol. The molecule has 1 amide bonds. The first-order valence-electron chi connectivity index (χ1n) is 9.45. The first-order chi connectivity index (χ1) is 14.3. The molecule has 0 unspecified atom stereocenters. The molecule has 2 aromatic carbocycles. The molecule has 0 atom stereocenters. The predicted molar refractivity (Wildman–Crippen MR) is 113 cm³/mol. The summed E-state index contributed by atoms with van der Waals surface area (Å²) in [7, 11) is -2.41. The second-order valence-electron chi connectivity index (χ2n) is 7.09. The molecule has 0 radical (unpaired) electrons. The third-order valence-corrected chi connectivity index (χ3v) is 7.90. The van der Waals surface area contributed by atoms with Gasteiger partial charge in [-0.3, -0.25) is 9.69 Å². The highest BCUT2D eigenvalue weighted by Gasteiger charge is 2.51. The molecule has 158 valence electrons. The molecule has 1 aliphatic heterocycles. The van der Waals surface area contributed by atoms with Gasteiger partial charge in [0, 0.05) is 13.1 Å². The van der Waals surface area contributed by atoms with Crippen LogP contribution in [0.2, 0.25) is 0 Å². The second kappa shape index (κ2) is 8.78. The Hall–Kier alpha value is -3.02. The number of hydrogen-bond donors (Lipinski definition) is 1. The molecule has 0 bridgehead atoms. The van der Waals surface area contributed by atoms with E-state index in [9.17, 15) is 13.2 Å². The van der Waals surface area contributed by atoms with E-state index >= 15 is 0 Å². The van der Waals surface area contributed by atoms with Crippen molar-refractivity contribution in [3.05, 3.63) is 48.5 Å². The Kier molecular flexibility index (Phi) is 6.34. The summed E-state index contributed by atoms with van der Waals surface area (Å²) in [6.45, 7) is 1.20. The molecular formula is C22H24N2O5S. The van der Waals surface area contributed by atoms with Crippen LogP contribution in [0.4, 0.5) is 0 Å². The highest BCUT2D eigenvalue weighted by atomic mass is 32.2. The average Bonchev–Trinajstić information content (AvgIpc) is 2.75. The van der Waals surface area contributed by atoms with Crippen LogP contribution in [-0.2, 0) is 14.6 Å². The maximum absolute atomic E-state index is 13.3. The lowest BCUT2D eigenvalue weighted by atomic mass is 9.95. The minimum Gasteiger partial charge on any atom is -0.497 e. The summed E-state index contributed by atoms with van der Waals surface area (Å²) >= 11 is 0. The molecule has 0 aromatic heterocycles. The molecule has 2 aromatic rings. The number of carbonyl (C=O) groups is 1. The molecule has 8 heteroatoms. The van der Waals surface area contributed by atoms with Gasteiger partial charge in [0.25, 0.3) is 0 Å². The number of rotatable bonds is 7. The standard InChI is InChI=1S/C22H24N2O5S/c1-3-14-24-15-12-22(13-16-24,21(23)25)30(26,27)20-10-8-19(9-11-20)29-18-6-4-17(28-2)5-7-18/h1,4-11H,12-16H2,2H3,(H2,23,25). The molecule has 3 rings (SSSR count). The lowest BCUT2D eigenvalue weighted by Gasteiger charge is -2.38. The van der Waals surface area contributed by atoms with Gasteiger partial charge in [-0.05, 0) is 61.4 Å². The number of nitrogens with two attached hydrogens (primary N) is 1. The Bertz CT molecular complexity index is 1030. The zero-order valence-electron chi connectivity index (χ0n) is 16.7. The van der Waals surface area contributed by atoms with Crippen LogP contribution in [0.1, 0.15) is 12.8 Å². The molecule has 1 fully saturated rings. The topological polar surface area (TPSA) is 98.9 Å². The maximum atomic E-state index is 13.3. The van der Waals surface area contributed by atoms with Crippen molar-refractivity contribution in [2.24, 2.45) is 5.73 Å². The normalized spacial score (nSPS) is 16.4. The molecule has 7 nitrogen and oxygen atoms in total. The minimum absolute atomic E-state index is 0.0359. The maximum Gasteiger partial charge on any atom is 0.239 e. The zero-order valence-corrected chi connectivity index (χ0v) is 17.5. The van der Waals surface area contributed by atoms with Crippen molar-refractivity contribution in [3.63, 3.8) is 0 Å². The van der Waals surface area contributed by atoms with E-state index < -0.39 is 20.5 Å². The first kappa shape index (κ1) is 21.7. The van der Waals surface area contributed by atoms with Crippen LogP contribution in [0.15, 0.2) is 53.4 Å². The van der Waals surface area contributed by atoms with Gasteiger partial charge in [-0.15, -0.1) is 6.42 Å². The lowest BCUT2D eigenvalue weighted by Crippen LogP contribution is -2.56. The van der Waals surface area contributed by atoms with Crippen molar-refractivity contribution >= 4 is 15.7 Å². The molecule has 0 saturated carbocycles. The Morgan fingerprint density at radius 3 is 2.03 bits per heavy atom. The van der Waals surface area contributed by atoms with Crippen molar-refractivity contribution < 1.29 is 22.7 Å². The zero-order chi connectivity index (χ0) is 21.8. The summed E-state index contributed by atoms with van der Waals surface area (Å²) in [4.78, 5) is 14.2. The number of sulfone groups is 1. The summed E-state index contributed by atoms with van der Waals surface area (Å²) < 4.78 is 35.9. The smallest absolute Gasteiger partial charge is 0.239 e. The Morgan fingerprint density at radius 2 is 1.57 bits per heavy atom. The van der Waals surface area contributed by atoms with E-state index in [-0.39, 0.29) is 17.7 Å². The molecule has 30 heavy (non-hydrogen) atoms. The van der Waals surface area contributed by atoms with Crippen molar-refractivity contribution in [2.45, 2.75) is 22.5 Å². The highest BCUT2D eigenvalue weighted by Crippen LogP contribution is 2.36. The molecule has 1 saturated heterocycles. The number of likely N-dealkylation sites (tertiary alicyclic amines) is 1. The molecule has 0 aliphatic carbocycles. The number of primary amides is 1. The van der Waals surface area contributed by atoms with E-state index in [4.69, 9.17) is 21.6 Å². The Labute approximate surface area is 176 Å². The SMILES string of the molecule is C#CCN1CCC(C(N)=O)(S(=O)(=O)c2ccc(Oc3ccc(OC)cc3)cc2)CC1. The molecule has 1 heterocycles. The van der Waals surface area contributed by atoms with Gasteiger partial charge in [0.2, 0.25) is 5.91 Å². The molecule has 2 N–H and O–H groups in total. The number of hydrogen-bond acceptors (Lipinski definition) is 6. The number of ether oxygens (including phenoxy) is 2. The minimum atomic E-state index is -3.98. The van der Waals surface area contributed by atoms with E-state index in [0.717, 1.165) is 0 Å². The summed E-state index contributed by atoms with van der Waals surface area (Å²) in [5.74, 6) is 3.46. The summed E-state index contributed by atoms with van der Waals surface area (Å²) in [6, 6.07) is 13.0. The van der Waals surface area contributed by atoms with E-state index in [1.54, 1.807) is 43.5 Å². The monoisotopic (exact) mass is 428 g/mol. The van der Waals surface area contributed by atoms with E-state index in [2.05, 4.69) is 5.92 Å². The Morgan fingerprint density at radius 1 is 1.07 bits per heavy atom. The van der Waals surface area contributed by atoms with Crippen LogP contribution in [0.5, 0.6) is 17.2 Å². The van der Waals surface area contributed by atoms with E-state index in [1.807, 2.05) is 4.90 Å². The van der Waals surface area contributed by atoms with Gasteiger partial charge in [-0.25, -0.2) is 8.42 Å². The van der Waals surface area contributed by atoms with E-state index in [1.165, 1.54) is 12.1 Å². The van der Waals surface area contributed by atoms with Gasteiger partial charge in [0.05, 0.1) is 18.6 Å². The lowest BCUT2D eigenvalue weighted by molar-refractivity contribution is -0.121. The van der Waals surface area contributed by atoms with Crippen molar-refractivity contribution in [1.29, 1.82) is 0 Å². The summed E-state index contributed by atoms with van der Waals surface area (Å²) in [6.07, 6.45) is 5.54. The molecule has 0 spiro atoms. The van der Waals surface area contributed by atoms with Crippen LogP contribution >= 0.6 is 0 Å². The first-order valence-corrected chi connectivity index (χ1v) is 10.9. The van der Waals surface area contributed by atoms with E-state index in [0.29, 0.717) is 36.9 Å². The highest BCUT2D eigenvalue weighted by molar-refractivity contribution is 7.93. The van der Waals surface area contributed by atoms with Gasteiger partial charge >= 0.3 is 0 Å². The van der Waals surface area contributed by atoms with Gasteiger partial charge in [-0.1, -0.05) is 5.92 Å². The van der Waals surface area contributed by atoms with Crippen LogP contribution in [-0.4, -0.2) is 50.7 Å². The van der Waals surface area contributed by atoms with Gasteiger partial charge < -0.3 is 15.2 Å². The van der Waals surface area contributed by atoms with Crippen LogP contribution in [0.3, 0.4) is 0 Å². The van der Waals surface area contributed by atoms with Crippen molar-refractivity contribution in [3.8, 4) is 29.6 Å². The van der Waals surface area contributed by atoms with Gasteiger partial charge in [-0.2, -0.15) is 0 Å². The number of terminal acetylenes is 1. The third kappa shape index (κ3) is 4.13. The number of carbonyl (C=O) groups excluding carboxylic acids is 1. The fraction of sp³-hybridized carbons (Fsp3) is 0.318. The van der Waals surface area contributed by atoms with Gasteiger partial charge in [0.15, 0.2) is 14.6 Å². The average molecular weight is 429 g/mol. The number of piperidine rings is 1. The third-order valence-electron chi connectivity index (χ3n) is 5.37. The Balaban J connectivity index is 1.81. The van der Waals surface area contributed by atoms with Gasteiger partial charge in [0.1, 0.15) is 17.2 Å². The molecule has 1 aliphatic rings. The van der Waals surface area contributed by atoms with Crippen LogP contribution in [0.25, 0.3) is 0 Å². The fourth-order valence-electron chi connectivity index (χ4n) is 3.54. The number of nitrogens with zero attached hydrogens (tertiary/aromatic N) is 1. The van der Waals surface area contributed by atoms with Crippen LogP contribution < -0.4 is 15.2 Å². The quantitative estimate of drug-likeness (QED) is 0.679. The summed E-state index contributed by atoms with van der Waals surface area (Å²) in [5, 5.41) is 0. The van der Waals surface area contributed by atoms with Crippen molar-refractivity contribution in [2.75, 3.05) is 26.7 Å². The van der Waals surface area contributed by atoms with Crippen molar-refractivity contribution in [1.82, 2.24) is 4.90 Å².